The van der Waals surface area contributed by atoms with Crippen LogP contribution in [-0.4, -0.2) is 5.11 Å². The van der Waals surface area contributed by atoms with Gasteiger partial charge >= 0.3 is 0 Å². The average molecular weight is 432 g/mol. The van der Waals surface area contributed by atoms with Crippen molar-refractivity contribution >= 4 is 60.6 Å². The first-order valence-electron chi connectivity index (χ1n) is 6.16. The van der Waals surface area contributed by atoms with Gasteiger partial charge in [-0.25, -0.2) is 4.39 Å². The van der Waals surface area contributed by atoms with Crippen LogP contribution in [0.2, 0.25) is 0 Å². The van der Waals surface area contributed by atoms with Gasteiger partial charge in [0.15, 0.2) is 5.11 Å². The van der Waals surface area contributed by atoms with Crippen molar-refractivity contribution in [3.05, 3.63) is 56.2 Å². The number of hydrogen-bond donors (Lipinski definition) is 2. The molecule has 0 bridgehead atoms. The van der Waals surface area contributed by atoms with E-state index in [9.17, 15) is 4.39 Å². The number of halogens is 3. The number of rotatable bonds is 2. The summed E-state index contributed by atoms with van der Waals surface area (Å²) in [5.41, 5.74) is 3.55. The Kier molecular flexibility index (Phi) is 5.35. The first kappa shape index (κ1) is 16.4. The second-order valence-corrected chi connectivity index (χ2v) is 6.80. The minimum absolute atomic E-state index is 0.305. The number of anilines is 2. The van der Waals surface area contributed by atoms with E-state index in [-0.39, 0.29) is 5.82 Å². The molecule has 0 saturated carbocycles. The van der Waals surface area contributed by atoms with Crippen molar-refractivity contribution in [3.8, 4) is 0 Å². The molecule has 0 saturated heterocycles. The van der Waals surface area contributed by atoms with Crippen molar-refractivity contribution in [2.45, 2.75) is 13.8 Å². The molecule has 2 nitrogen and oxygen atoms in total. The van der Waals surface area contributed by atoms with E-state index in [1.165, 1.54) is 17.2 Å². The third-order valence-electron chi connectivity index (χ3n) is 3.01. The van der Waals surface area contributed by atoms with Gasteiger partial charge in [0.2, 0.25) is 0 Å². The average Bonchev–Trinajstić information content (AvgIpc) is 2.38. The molecule has 6 heteroatoms. The first-order chi connectivity index (χ1) is 9.86. The Balaban J connectivity index is 2.13. The summed E-state index contributed by atoms with van der Waals surface area (Å²) in [5, 5.41) is 6.25. The Morgan fingerprint density at radius 2 is 1.76 bits per heavy atom. The molecular weight excluding hydrogens is 419 g/mol. The fourth-order valence-corrected chi connectivity index (χ4v) is 3.25. The summed E-state index contributed by atoms with van der Waals surface area (Å²) in [5.74, 6) is -0.388. The number of hydrogen-bond acceptors (Lipinski definition) is 1. The largest absolute Gasteiger partial charge is 0.332 e. The van der Waals surface area contributed by atoms with Crippen LogP contribution in [0.5, 0.6) is 0 Å². The van der Waals surface area contributed by atoms with Crippen LogP contribution in [0.25, 0.3) is 0 Å². The molecule has 0 aromatic heterocycles. The van der Waals surface area contributed by atoms with Crippen LogP contribution in [0.1, 0.15) is 11.1 Å². The van der Waals surface area contributed by atoms with E-state index >= 15 is 0 Å². The van der Waals surface area contributed by atoms with Gasteiger partial charge in [-0.2, -0.15) is 0 Å². The maximum absolute atomic E-state index is 13.9. The summed E-state index contributed by atoms with van der Waals surface area (Å²) in [6.45, 7) is 4.08. The molecule has 0 aliphatic carbocycles. The van der Waals surface area contributed by atoms with E-state index in [0.717, 1.165) is 5.69 Å². The SMILES string of the molecule is Cc1ccc(NC(=S)Nc2c(F)cc(Br)cc2Br)cc1C. The Labute approximate surface area is 145 Å². The van der Waals surface area contributed by atoms with Gasteiger partial charge in [0.1, 0.15) is 5.82 Å². The van der Waals surface area contributed by atoms with Gasteiger partial charge in [-0.3, -0.25) is 0 Å². The minimum atomic E-state index is -0.388. The summed E-state index contributed by atoms with van der Waals surface area (Å²) in [6.07, 6.45) is 0. The highest BCUT2D eigenvalue weighted by molar-refractivity contribution is 9.11. The standard InChI is InChI=1S/C15H13Br2FN2S/c1-8-3-4-11(5-9(8)2)19-15(21)20-14-12(17)6-10(16)7-13(14)18/h3-7H,1-2H3,(H2,19,20,21). The van der Waals surface area contributed by atoms with Crippen molar-refractivity contribution in [1.29, 1.82) is 0 Å². The number of benzene rings is 2. The predicted octanol–water partition coefficient (Wildman–Crippen LogP) is 5.78. The molecule has 2 aromatic rings. The molecule has 0 spiro atoms. The zero-order chi connectivity index (χ0) is 15.6. The highest BCUT2D eigenvalue weighted by Crippen LogP contribution is 2.29. The molecule has 0 fully saturated rings. The van der Waals surface area contributed by atoms with Crippen LogP contribution in [0.3, 0.4) is 0 Å². The van der Waals surface area contributed by atoms with Gasteiger partial charge in [-0.05, 0) is 77.4 Å². The van der Waals surface area contributed by atoms with E-state index in [0.29, 0.717) is 19.7 Å². The van der Waals surface area contributed by atoms with Crippen molar-refractivity contribution in [1.82, 2.24) is 0 Å². The first-order valence-corrected chi connectivity index (χ1v) is 8.16. The van der Waals surface area contributed by atoms with Crippen LogP contribution in [0, 0.1) is 19.7 Å². The molecule has 2 N–H and O–H groups in total. The normalized spacial score (nSPS) is 10.3. The predicted molar refractivity (Wildman–Crippen MR) is 97.6 cm³/mol. The lowest BCUT2D eigenvalue weighted by molar-refractivity contribution is 0.630. The molecule has 0 radical (unpaired) electrons. The minimum Gasteiger partial charge on any atom is -0.332 e. The van der Waals surface area contributed by atoms with Gasteiger partial charge < -0.3 is 10.6 Å². The van der Waals surface area contributed by atoms with Gasteiger partial charge in [0, 0.05) is 14.6 Å². The van der Waals surface area contributed by atoms with Gasteiger partial charge in [-0.1, -0.05) is 22.0 Å². The Morgan fingerprint density at radius 1 is 1.05 bits per heavy atom. The number of nitrogens with one attached hydrogen (secondary N) is 2. The van der Waals surface area contributed by atoms with E-state index in [1.807, 2.05) is 32.0 Å². The Hall–Kier alpha value is -0.980. The molecule has 0 heterocycles. The zero-order valence-electron chi connectivity index (χ0n) is 11.4. The van der Waals surface area contributed by atoms with Crippen molar-refractivity contribution in [3.63, 3.8) is 0 Å². The lowest BCUT2D eigenvalue weighted by atomic mass is 10.1. The summed E-state index contributed by atoms with van der Waals surface area (Å²) < 4.78 is 15.2. The van der Waals surface area contributed by atoms with Crippen molar-refractivity contribution in [2.24, 2.45) is 0 Å². The van der Waals surface area contributed by atoms with Crippen molar-refractivity contribution < 1.29 is 4.39 Å². The second-order valence-electron chi connectivity index (χ2n) is 4.62. The van der Waals surface area contributed by atoms with E-state index in [1.54, 1.807) is 6.07 Å². The molecule has 0 atom stereocenters. The molecular formula is C15H13Br2FN2S. The summed E-state index contributed by atoms with van der Waals surface area (Å²) in [4.78, 5) is 0. The maximum atomic E-state index is 13.9. The zero-order valence-corrected chi connectivity index (χ0v) is 15.4. The lowest BCUT2D eigenvalue weighted by Gasteiger charge is -2.14. The van der Waals surface area contributed by atoms with Crippen LogP contribution >= 0.6 is 44.1 Å². The van der Waals surface area contributed by atoms with Crippen LogP contribution in [-0.2, 0) is 0 Å². The number of thiocarbonyl (C=S) groups is 1. The van der Waals surface area contributed by atoms with Gasteiger partial charge in [0.05, 0.1) is 5.69 Å². The second kappa shape index (κ2) is 6.85. The van der Waals surface area contributed by atoms with E-state index < -0.39 is 0 Å². The van der Waals surface area contributed by atoms with Crippen LogP contribution in [0.15, 0.2) is 39.3 Å². The maximum Gasteiger partial charge on any atom is 0.175 e. The van der Waals surface area contributed by atoms with Crippen molar-refractivity contribution in [2.75, 3.05) is 10.6 Å². The van der Waals surface area contributed by atoms with Gasteiger partial charge in [0.25, 0.3) is 0 Å². The molecule has 110 valence electrons. The summed E-state index contributed by atoms with van der Waals surface area (Å²) in [6, 6.07) is 9.08. The van der Waals surface area contributed by atoms with Crippen LogP contribution < -0.4 is 10.6 Å². The fourth-order valence-electron chi connectivity index (χ4n) is 1.76. The Morgan fingerprint density at radius 3 is 2.38 bits per heavy atom. The molecule has 0 amide bonds. The smallest absolute Gasteiger partial charge is 0.175 e. The highest BCUT2D eigenvalue weighted by atomic mass is 79.9. The van der Waals surface area contributed by atoms with E-state index in [2.05, 4.69) is 42.5 Å². The lowest BCUT2D eigenvalue weighted by Crippen LogP contribution is -2.20. The summed E-state index contributed by atoms with van der Waals surface area (Å²) in [7, 11) is 0. The Bertz CT molecular complexity index is 681. The fraction of sp³-hybridized carbons (Fsp3) is 0.133. The molecule has 2 rings (SSSR count). The van der Waals surface area contributed by atoms with Crippen LogP contribution in [0.4, 0.5) is 15.8 Å². The third kappa shape index (κ3) is 4.25. The highest BCUT2D eigenvalue weighted by Gasteiger charge is 2.10. The van der Waals surface area contributed by atoms with E-state index in [4.69, 9.17) is 12.2 Å². The summed E-state index contributed by atoms with van der Waals surface area (Å²) >= 11 is 11.8. The molecule has 0 aliphatic rings. The quantitative estimate of drug-likeness (QED) is 0.589. The monoisotopic (exact) mass is 430 g/mol. The number of aryl methyl sites for hydroxylation is 2. The molecule has 2 aromatic carbocycles. The topological polar surface area (TPSA) is 24.1 Å². The molecule has 0 aliphatic heterocycles. The molecule has 0 unspecified atom stereocenters. The third-order valence-corrected chi connectivity index (χ3v) is 4.30. The van der Waals surface area contributed by atoms with Gasteiger partial charge in [-0.15, -0.1) is 0 Å². The molecule has 21 heavy (non-hydrogen) atoms.